The first-order valence-corrected chi connectivity index (χ1v) is 8.23. The van der Waals surface area contributed by atoms with E-state index >= 15 is 0 Å². The molecule has 18 heavy (non-hydrogen) atoms. The summed E-state index contributed by atoms with van der Waals surface area (Å²) >= 11 is 4.62. The Labute approximate surface area is 119 Å². The largest absolute Gasteiger partial charge is 0.327 e. The van der Waals surface area contributed by atoms with Crippen LogP contribution in [0.5, 0.6) is 0 Å². The van der Waals surface area contributed by atoms with Gasteiger partial charge in [0.05, 0.1) is 4.87 Å². The molecule has 0 heterocycles. The third-order valence-electron chi connectivity index (χ3n) is 4.41. The fourth-order valence-corrected chi connectivity index (χ4v) is 3.11. The molecule has 1 aliphatic carbocycles. The quantitative estimate of drug-likeness (QED) is 0.463. The minimum absolute atomic E-state index is 0.294. The summed E-state index contributed by atoms with van der Waals surface area (Å²) in [4.78, 5) is -0.304. The van der Waals surface area contributed by atoms with E-state index in [1.165, 1.54) is 51.4 Å². The van der Waals surface area contributed by atoms with Crippen molar-refractivity contribution in [1.82, 2.24) is 0 Å². The Morgan fingerprint density at radius 2 is 1.44 bits per heavy atom. The highest BCUT2D eigenvalue weighted by molar-refractivity contribution is 7.81. The van der Waals surface area contributed by atoms with Crippen molar-refractivity contribution in [3.8, 4) is 0 Å². The molecule has 0 aromatic heterocycles. The van der Waals surface area contributed by atoms with E-state index in [0.29, 0.717) is 12.0 Å². The van der Waals surface area contributed by atoms with E-state index in [4.69, 9.17) is 11.5 Å². The van der Waals surface area contributed by atoms with Gasteiger partial charge in [0.2, 0.25) is 0 Å². The van der Waals surface area contributed by atoms with E-state index in [1.54, 1.807) is 0 Å². The summed E-state index contributed by atoms with van der Waals surface area (Å²) in [7, 11) is 0. The molecular weight excluding hydrogens is 240 g/mol. The summed E-state index contributed by atoms with van der Waals surface area (Å²) in [6, 6.07) is 0.294. The minimum Gasteiger partial charge on any atom is -0.327 e. The fraction of sp³-hybridized carbons (Fsp3) is 1.00. The lowest BCUT2D eigenvalue weighted by molar-refractivity contribution is 0.353. The highest BCUT2D eigenvalue weighted by Gasteiger charge is 2.22. The van der Waals surface area contributed by atoms with Gasteiger partial charge in [-0.05, 0) is 31.6 Å². The van der Waals surface area contributed by atoms with Crippen LogP contribution in [0.3, 0.4) is 0 Å². The maximum absolute atomic E-state index is 6.26. The van der Waals surface area contributed by atoms with Crippen LogP contribution in [-0.4, -0.2) is 10.9 Å². The third-order valence-corrected chi connectivity index (χ3v) is 4.86. The smallest absolute Gasteiger partial charge is 0.0591 e. The second kappa shape index (κ2) is 8.44. The zero-order valence-corrected chi connectivity index (χ0v) is 12.9. The minimum atomic E-state index is -0.304. The molecule has 0 radical (unpaired) electrons. The van der Waals surface area contributed by atoms with Crippen molar-refractivity contribution in [1.29, 1.82) is 0 Å². The maximum Gasteiger partial charge on any atom is 0.0591 e. The van der Waals surface area contributed by atoms with E-state index in [9.17, 15) is 0 Å². The van der Waals surface area contributed by atoms with Crippen molar-refractivity contribution in [2.45, 2.75) is 88.5 Å². The van der Waals surface area contributed by atoms with Crippen molar-refractivity contribution in [3.63, 3.8) is 0 Å². The molecule has 108 valence electrons. The molecule has 1 saturated carbocycles. The Balaban J connectivity index is 2.42. The lowest BCUT2D eigenvalue weighted by Crippen LogP contribution is -2.37. The monoisotopic (exact) mass is 272 g/mol. The molecule has 4 N–H and O–H groups in total. The topological polar surface area (TPSA) is 52.0 Å². The number of rotatable bonds is 0. The normalized spacial score (nSPS) is 38.0. The number of nitrogens with two attached hydrogens (primary N) is 2. The lowest BCUT2D eigenvalue weighted by atomic mass is 9.90. The zero-order valence-electron chi connectivity index (χ0n) is 12.0. The second-order valence-electron chi connectivity index (χ2n) is 6.30. The Morgan fingerprint density at radius 1 is 0.889 bits per heavy atom. The van der Waals surface area contributed by atoms with Crippen LogP contribution in [0.25, 0.3) is 0 Å². The lowest BCUT2D eigenvalue weighted by Gasteiger charge is -2.27. The van der Waals surface area contributed by atoms with Crippen molar-refractivity contribution >= 4 is 12.6 Å². The predicted molar refractivity (Wildman–Crippen MR) is 83.8 cm³/mol. The van der Waals surface area contributed by atoms with E-state index in [0.717, 1.165) is 19.3 Å². The van der Waals surface area contributed by atoms with Gasteiger partial charge in [-0.2, -0.15) is 12.6 Å². The highest BCUT2D eigenvalue weighted by atomic mass is 32.1. The first-order valence-electron chi connectivity index (χ1n) is 7.78. The maximum atomic E-state index is 6.26. The van der Waals surface area contributed by atoms with Crippen LogP contribution >= 0.6 is 12.6 Å². The van der Waals surface area contributed by atoms with E-state index in [1.807, 2.05) is 0 Å². The molecule has 1 rings (SSSR count). The molecule has 0 bridgehead atoms. The third kappa shape index (κ3) is 7.01. The molecule has 0 aromatic rings. The second-order valence-corrected chi connectivity index (χ2v) is 7.19. The molecule has 3 unspecified atom stereocenters. The molecule has 0 aromatic carbocycles. The summed E-state index contributed by atoms with van der Waals surface area (Å²) in [6.07, 6.45) is 13.6. The zero-order chi connectivity index (χ0) is 13.4. The van der Waals surface area contributed by atoms with Gasteiger partial charge in [0.25, 0.3) is 0 Å². The van der Waals surface area contributed by atoms with Gasteiger partial charge < -0.3 is 11.5 Å². The highest BCUT2D eigenvalue weighted by Crippen LogP contribution is 2.26. The molecule has 1 fully saturated rings. The molecule has 2 nitrogen and oxygen atoms in total. The first kappa shape index (κ1) is 16.3. The Morgan fingerprint density at radius 3 is 2.11 bits per heavy atom. The predicted octanol–water partition coefficient (Wildman–Crippen LogP) is 3.84. The summed E-state index contributed by atoms with van der Waals surface area (Å²) in [5.74, 6) is 0.622. The molecule has 1 aliphatic rings. The SMILES string of the molecule is CC1CCCCCCCCCC(N)(S)CCC1N. The van der Waals surface area contributed by atoms with Crippen LogP contribution < -0.4 is 11.5 Å². The standard InChI is InChI=1S/C15H32N2S/c1-13-9-7-5-3-2-4-6-8-11-15(17,18)12-10-14(13)16/h13-14,18H,2-12,16-17H2,1H3. The molecule has 3 atom stereocenters. The van der Waals surface area contributed by atoms with Crippen molar-refractivity contribution in [2.24, 2.45) is 17.4 Å². The Hall–Kier alpha value is 0.270. The van der Waals surface area contributed by atoms with Crippen LogP contribution in [0.15, 0.2) is 0 Å². The van der Waals surface area contributed by atoms with Gasteiger partial charge in [-0.1, -0.05) is 51.9 Å². The van der Waals surface area contributed by atoms with Gasteiger partial charge in [-0.25, -0.2) is 0 Å². The van der Waals surface area contributed by atoms with Gasteiger partial charge in [0.1, 0.15) is 0 Å². The van der Waals surface area contributed by atoms with Crippen LogP contribution in [0.2, 0.25) is 0 Å². The molecule has 0 amide bonds. The van der Waals surface area contributed by atoms with Crippen LogP contribution in [-0.2, 0) is 0 Å². The van der Waals surface area contributed by atoms with Gasteiger partial charge in [0, 0.05) is 6.04 Å². The molecule has 0 saturated heterocycles. The molecule has 0 aliphatic heterocycles. The van der Waals surface area contributed by atoms with Gasteiger partial charge >= 0.3 is 0 Å². The molecule has 0 spiro atoms. The number of hydrogen-bond acceptors (Lipinski definition) is 3. The first-order chi connectivity index (χ1) is 8.51. The van der Waals surface area contributed by atoms with E-state index < -0.39 is 0 Å². The summed E-state index contributed by atoms with van der Waals surface area (Å²) in [6.45, 7) is 2.28. The van der Waals surface area contributed by atoms with E-state index in [2.05, 4.69) is 19.6 Å². The Kier molecular flexibility index (Phi) is 7.66. The van der Waals surface area contributed by atoms with Crippen molar-refractivity contribution in [2.75, 3.05) is 0 Å². The summed E-state index contributed by atoms with van der Waals surface area (Å²) < 4.78 is 0. The van der Waals surface area contributed by atoms with Gasteiger partial charge in [-0.3, -0.25) is 0 Å². The number of thiol groups is 1. The van der Waals surface area contributed by atoms with E-state index in [-0.39, 0.29) is 4.87 Å². The van der Waals surface area contributed by atoms with Crippen molar-refractivity contribution in [3.05, 3.63) is 0 Å². The summed E-state index contributed by atoms with van der Waals surface area (Å²) in [5, 5.41) is 0. The average Bonchev–Trinajstić information content (AvgIpc) is 2.32. The summed E-state index contributed by atoms with van der Waals surface area (Å²) in [5.41, 5.74) is 12.5. The van der Waals surface area contributed by atoms with Crippen molar-refractivity contribution < 1.29 is 0 Å². The van der Waals surface area contributed by atoms with Gasteiger partial charge in [-0.15, -0.1) is 0 Å². The molecular formula is C15H32N2S. The van der Waals surface area contributed by atoms with Crippen LogP contribution in [0.4, 0.5) is 0 Å². The van der Waals surface area contributed by atoms with Crippen LogP contribution in [0.1, 0.15) is 77.6 Å². The Bertz CT molecular complexity index is 219. The fourth-order valence-electron chi connectivity index (χ4n) is 2.82. The average molecular weight is 273 g/mol. The molecule has 3 heteroatoms. The number of hydrogen-bond donors (Lipinski definition) is 3. The van der Waals surface area contributed by atoms with Crippen LogP contribution in [0, 0.1) is 5.92 Å². The van der Waals surface area contributed by atoms with Gasteiger partial charge in [0.15, 0.2) is 0 Å².